The standard InChI is InChI=1S/C28H21BrN4O3/c1-18(19-8-4-2-5-9-19)33-27(35)24(26(34)30-28(33)36)16-21-17-32(23-10-6-3-7-11-23)31-25(21)20-12-14-22(29)15-13-20/h2-18H,1H3,(H,30,34,36)/b24-16-. The average molecular weight is 541 g/mol. The summed E-state index contributed by atoms with van der Waals surface area (Å²) in [4.78, 5) is 40.0. The number of nitrogens with zero attached hydrogens (tertiary/aromatic N) is 3. The van der Waals surface area contributed by atoms with Gasteiger partial charge < -0.3 is 0 Å². The first-order chi connectivity index (χ1) is 17.4. The van der Waals surface area contributed by atoms with Gasteiger partial charge in [0.25, 0.3) is 11.8 Å². The monoisotopic (exact) mass is 540 g/mol. The second kappa shape index (κ2) is 9.75. The third-order valence-electron chi connectivity index (χ3n) is 5.98. The van der Waals surface area contributed by atoms with Gasteiger partial charge in [-0.2, -0.15) is 5.10 Å². The van der Waals surface area contributed by atoms with E-state index in [4.69, 9.17) is 5.10 Å². The zero-order valence-corrected chi connectivity index (χ0v) is 20.8. The van der Waals surface area contributed by atoms with Crippen LogP contribution in [-0.2, 0) is 9.59 Å². The van der Waals surface area contributed by atoms with Crippen molar-refractivity contribution in [2.24, 2.45) is 0 Å². The number of hydrogen-bond donors (Lipinski definition) is 1. The smallest absolute Gasteiger partial charge is 0.273 e. The van der Waals surface area contributed by atoms with E-state index in [2.05, 4.69) is 21.2 Å². The summed E-state index contributed by atoms with van der Waals surface area (Å²) in [6.45, 7) is 1.75. The lowest BCUT2D eigenvalue weighted by atomic mass is 10.0. The number of halogens is 1. The van der Waals surface area contributed by atoms with Gasteiger partial charge in [-0.25, -0.2) is 9.48 Å². The molecular weight excluding hydrogens is 520 g/mol. The number of carbonyl (C=O) groups excluding carboxylic acids is 3. The van der Waals surface area contributed by atoms with Gasteiger partial charge in [0.15, 0.2) is 0 Å². The van der Waals surface area contributed by atoms with Gasteiger partial charge in [0.1, 0.15) is 5.57 Å². The van der Waals surface area contributed by atoms with E-state index in [0.717, 1.165) is 26.2 Å². The van der Waals surface area contributed by atoms with Crippen LogP contribution >= 0.6 is 15.9 Å². The summed E-state index contributed by atoms with van der Waals surface area (Å²) in [6, 6.07) is 25.0. The quantitative estimate of drug-likeness (QED) is 0.266. The SMILES string of the molecule is CC(c1ccccc1)N1C(=O)NC(=O)/C(=C/c2cn(-c3ccccc3)nc2-c2ccc(Br)cc2)C1=O. The second-order valence-electron chi connectivity index (χ2n) is 8.30. The molecule has 178 valence electrons. The molecule has 1 fully saturated rings. The molecule has 1 aliphatic heterocycles. The molecule has 1 aromatic heterocycles. The third-order valence-corrected chi connectivity index (χ3v) is 6.51. The largest absolute Gasteiger partial charge is 0.331 e. The van der Waals surface area contributed by atoms with E-state index in [9.17, 15) is 14.4 Å². The predicted octanol–water partition coefficient (Wildman–Crippen LogP) is 5.52. The predicted molar refractivity (Wildman–Crippen MR) is 140 cm³/mol. The van der Waals surface area contributed by atoms with Crippen LogP contribution in [0, 0.1) is 0 Å². The molecule has 0 bridgehead atoms. The molecule has 8 heteroatoms. The van der Waals surface area contributed by atoms with Crippen LogP contribution in [0.25, 0.3) is 23.0 Å². The number of benzene rings is 3. The molecule has 3 aromatic carbocycles. The molecule has 4 aromatic rings. The van der Waals surface area contributed by atoms with E-state index >= 15 is 0 Å². The summed E-state index contributed by atoms with van der Waals surface area (Å²) in [5, 5.41) is 7.06. The highest BCUT2D eigenvalue weighted by molar-refractivity contribution is 9.10. The number of barbiturate groups is 1. The van der Waals surface area contributed by atoms with E-state index in [1.807, 2.05) is 84.9 Å². The average Bonchev–Trinajstić information content (AvgIpc) is 3.32. The lowest BCUT2D eigenvalue weighted by Gasteiger charge is -2.31. The van der Waals surface area contributed by atoms with Crippen molar-refractivity contribution in [3.8, 4) is 16.9 Å². The van der Waals surface area contributed by atoms with Gasteiger partial charge in [0.05, 0.1) is 17.4 Å². The Labute approximate surface area is 216 Å². The summed E-state index contributed by atoms with van der Waals surface area (Å²) in [5.74, 6) is -1.40. The zero-order chi connectivity index (χ0) is 25.2. The Morgan fingerprint density at radius 3 is 2.19 bits per heavy atom. The Balaban J connectivity index is 1.60. The van der Waals surface area contributed by atoms with Crippen LogP contribution in [0.15, 0.2) is 101 Å². The van der Waals surface area contributed by atoms with E-state index in [1.54, 1.807) is 17.8 Å². The molecular formula is C28H21BrN4O3. The van der Waals surface area contributed by atoms with E-state index in [1.165, 1.54) is 6.08 Å². The minimum atomic E-state index is -0.744. The van der Waals surface area contributed by atoms with Crippen molar-refractivity contribution in [3.63, 3.8) is 0 Å². The highest BCUT2D eigenvalue weighted by Gasteiger charge is 2.39. The molecule has 0 radical (unpaired) electrons. The van der Waals surface area contributed by atoms with Crippen molar-refractivity contribution in [2.45, 2.75) is 13.0 Å². The van der Waals surface area contributed by atoms with Crippen LogP contribution in [0.3, 0.4) is 0 Å². The van der Waals surface area contributed by atoms with Gasteiger partial charge in [-0.1, -0.05) is 76.6 Å². The first kappa shape index (κ1) is 23.4. The minimum Gasteiger partial charge on any atom is -0.273 e. The highest BCUT2D eigenvalue weighted by atomic mass is 79.9. The number of hydrogen-bond acceptors (Lipinski definition) is 4. The molecule has 0 spiro atoms. The number of rotatable bonds is 5. The van der Waals surface area contributed by atoms with Gasteiger partial charge in [-0.05, 0) is 42.8 Å². The number of imide groups is 2. The molecule has 2 heterocycles. The molecule has 4 amide bonds. The molecule has 5 rings (SSSR count). The van der Waals surface area contributed by atoms with Crippen molar-refractivity contribution in [1.29, 1.82) is 0 Å². The fourth-order valence-corrected chi connectivity index (χ4v) is 4.36. The molecule has 1 atom stereocenters. The lowest BCUT2D eigenvalue weighted by molar-refractivity contribution is -0.131. The molecule has 1 saturated heterocycles. The van der Waals surface area contributed by atoms with Gasteiger partial charge in [0.2, 0.25) is 0 Å². The first-order valence-corrected chi connectivity index (χ1v) is 12.1. The Bertz CT molecular complexity index is 1480. The minimum absolute atomic E-state index is 0.136. The Morgan fingerprint density at radius 1 is 0.889 bits per heavy atom. The molecule has 7 nitrogen and oxygen atoms in total. The number of para-hydroxylation sites is 1. The van der Waals surface area contributed by atoms with Crippen LogP contribution in [0.1, 0.15) is 24.1 Å². The summed E-state index contributed by atoms with van der Waals surface area (Å²) in [6.07, 6.45) is 3.26. The Morgan fingerprint density at radius 2 is 1.53 bits per heavy atom. The first-order valence-electron chi connectivity index (χ1n) is 11.3. The molecule has 1 N–H and O–H groups in total. The van der Waals surface area contributed by atoms with Crippen molar-refractivity contribution in [1.82, 2.24) is 20.0 Å². The van der Waals surface area contributed by atoms with Gasteiger partial charge >= 0.3 is 6.03 Å². The Hall–Kier alpha value is -4.30. The van der Waals surface area contributed by atoms with Gasteiger partial charge in [-0.3, -0.25) is 19.8 Å². The molecule has 0 saturated carbocycles. The summed E-state index contributed by atoms with van der Waals surface area (Å²) in [7, 11) is 0. The summed E-state index contributed by atoms with van der Waals surface area (Å²) in [5.41, 5.74) is 3.45. The topological polar surface area (TPSA) is 84.3 Å². The molecule has 0 aliphatic carbocycles. The highest BCUT2D eigenvalue weighted by Crippen LogP contribution is 2.30. The fourth-order valence-electron chi connectivity index (χ4n) is 4.10. The number of carbonyl (C=O) groups is 3. The maximum absolute atomic E-state index is 13.5. The van der Waals surface area contributed by atoms with Crippen LogP contribution in [-0.4, -0.2) is 32.5 Å². The van der Waals surface area contributed by atoms with Crippen molar-refractivity contribution >= 4 is 39.9 Å². The number of amides is 4. The maximum Gasteiger partial charge on any atom is 0.331 e. The lowest BCUT2D eigenvalue weighted by Crippen LogP contribution is -2.54. The van der Waals surface area contributed by atoms with Crippen molar-refractivity contribution < 1.29 is 14.4 Å². The molecule has 1 aliphatic rings. The van der Waals surface area contributed by atoms with Gasteiger partial charge in [-0.15, -0.1) is 0 Å². The van der Waals surface area contributed by atoms with Crippen LogP contribution in [0.5, 0.6) is 0 Å². The third kappa shape index (κ3) is 4.50. The van der Waals surface area contributed by atoms with E-state index in [-0.39, 0.29) is 5.57 Å². The van der Waals surface area contributed by atoms with E-state index in [0.29, 0.717) is 11.3 Å². The van der Waals surface area contributed by atoms with Crippen LogP contribution in [0.4, 0.5) is 4.79 Å². The number of urea groups is 1. The normalized spacial score (nSPS) is 15.8. The van der Waals surface area contributed by atoms with Crippen LogP contribution in [0.2, 0.25) is 0 Å². The Kier molecular flexibility index (Phi) is 6.35. The number of nitrogens with one attached hydrogen (secondary N) is 1. The van der Waals surface area contributed by atoms with Crippen molar-refractivity contribution in [3.05, 3.63) is 112 Å². The second-order valence-corrected chi connectivity index (χ2v) is 9.21. The summed E-state index contributed by atoms with van der Waals surface area (Å²) < 4.78 is 2.62. The summed E-state index contributed by atoms with van der Waals surface area (Å²) >= 11 is 3.45. The molecule has 36 heavy (non-hydrogen) atoms. The molecule has 1 unspecified atom stereocenters. The zero-order valence-electron chi connectivity index (χ0n) is 19.3. The van der Waals surface area contributed by atoms with E-state index < -0.39 is 23.9 Å². The fraction of sp³-hybridized carbons (Fsp3) is 0.0714. The van der Waals surface area contributed by atoms with Crippen molar-refractivity contribution in [2.75, 3.05) is 0 Å². The van der Waals surface area contributed by atoms with Gasteiger partial charge in [0, 0.05) is 21.8 Å². The maximum atomic E-state index is 13.5. The van der Waals surface area contributed by atoms with Crippen LogP contribution < -0.4 is 5.32 Å². The number of aromatic nitrogens is 2.